The maximum absolute atomic E-state index is 12.8. The minimum atomic E-state index is 0.0624. The number of rotatable bonds is 6. The molecular weight excluding hydrogens is 452 g/mol. The number of benzene rings is 2. The van der Waals surface area contributed by atoms with Crippen LogP contribution >= 0.6 is 11.3 Å². The van der Waals surface area contributed by atoms with Gasteiger partial charge in [0.2, 0.25) is 5.91 Å². The van der Waals surface area contributed by atoms with E-state index >= 15 is 0 Å². The molecule has 1 aliphatic heterocycles. The average Bonchev–Trinajstić information content (AvgIpc) is 3.20. The SMILES string of the molecule is Cc1sc2nc(CCc3ccccc3)nc(N3CCN(C(=O)/C=C/c4ccccc4)CC3)c2c1C. The van der Waals surface area contributed by atoms with Crippen molar-refractivity contribution in [1.29, 1.82) is 0 Å². The third-order valence-electron chi connectivity index (χ3n) is 6.64. The van der Waals surface area contributed by atoms with E-state index in [1.165, 1.54) is 21.4 Å². The molecule has 1 amide bonds. The standard InChI is InChI=1S/C29H30N4OS/c1-21-22(2)35-29-27(21)28(30-25(31-29)15-13-23-9-5-3-6-10-23)33-19-17-32(18-20-33)26(34)16-14-24-11-7-4-8-12-24/h3-12,14,16H,13,15,17-20H2,1-2H3/b16-14+. The van der Waals surface area contributed by atoms with Gasteiger partial charge in [-0.3, -0.25) is 4.79 Å². The first kappa shape index (κ1) is 23.2. The molecule has 35 heavy (non-hydrogen) atoms. The van der Waals surface area contributed by atoms with Gasteiger partial charge >= 0.3 is 0 Å². The number of hydrogen-bond acceptors (Lipinski definition) is 5. The van der Waals surface area contributed by atoms with Crippen LogP contribution in [-0.4, -0.2) is 47.0 Å². The van der Waals surface area contributed by atoms with Gasteiger partial charge in [-0.15, -0.1) is 11.3 Å². The van der Waals surface area contributed by atoms with Crippen LogP contribution in [0.1, 0.15) is 27.4 Å². The third-order valence-corrected chi connectivity index (χ3v) is 7.75. The van der Waals surface area contributed by atoms with Crippen molar-refractivity contribution in [2.24, 2.45) is 0 Å². The van der Waals surface area contributed by atoms with Gasteiger partial charge in [-0.05, 0) is 43.0 Å². The van der Waals surface area contributed by atoms with Crippen molar-refractivity contribution in [2.75, 3.05) is 31.1 Å². The normalized spacial score (nSPS) is 14.2. The topological polar surface area (TPSA) is 49.3 Å². The van der Waals surface area contributed by atoms with Crippen LogP contribution in [0.3, 0.4) is 0 Å². The van der Waals surface area contributed by atoms with Gasteiger partial charge in [0.1, 0.15) is 16.5 Å². The quantitative estimate of drug-likeness (QED) is 0.343. The summed E-state index contributed by atoms with van der Waals surface area (Å²) < 4.78 is 0. The smallest absolute Gasteiger partial charge is 0.246 e. The summed E-state index contributed by atoms with van der Waals surface area (Å²) in [5.41, 5.74) is 3.60. The number of anilines is 1. The van der Waals surface area contributed by atoms with E-state index in [1.807, 2.05) is 47.4 Å². The van der Waals surface area contributed by atoms with Crippen molar-refractivity contribution >= 4 is 39.4 Å². The predicted molar refractivity (Wildman–Crippen MR) is 145 cm³/mol. The Morgan fingerprint density at radius 1 is 0.914 bits per heavy atom. The number of piperazine rings is 1. The molecule has 5 rings (SSSR count). The van der Waals surface area contributed by atoms with Crippen molar-refractivity contribution in [2.45, 2.75) is 26.7 Å². The Hall–Kier alpha value is -3.51. The third kappa shape index (κ3) is 5.28. The Balaban J connectivity index is 1.32. The summed E-state index contributed by atoms with van der Waals surface area (Å²) in [7, 11) is 0. The van der Waals surface area contributed by atoms with Gasteiger partial charge < -0.3 is 9.80 Å². The van der Waals surface area contributed by atoms with Crippen molar-refractivity contribution < 1.29 is 4.79 Å². The molecule has 4 aromatic rings. The predicted octanol–water partition coefficient (Wildman–Crippen LogP) is 5.46. The van der Waals surface area contributed by atoms with Gasteiger partial charge in [-0.1, -0.05) is 60.7 Å². The fourth-order valence-corrected chi connectivity index (χ4v) is 5.53. The average molecular weight is 483 g/mol. The van der Waals surface area contributed by atoms with Crippen LogP contribution in [0.2, 0.25) is 0 Å². The lowest BCUT2D eigenvalue weighted by Gasteiger charge is -2.35. The highest BCUT2D eigenvalue weighted by atomic mass is 32.1. The number of aromatic nitrogens is 2. The van der Waals surface area contributed by atoms with Crippen molar-refractivity contribution in [3.63, 3.8) is 0 Å². The first-order chi connectivity index (χ1) is 17.1. The van der Waals surface area contributed by atoms with E-state index in [-0.39, 0.29) is 5.91 Å². The van der Waals surface area contributed by atoms with Crippen LogP contribution in [0.4, 0.5) is 5.82 Å². The molecule has 6 heteroatoms. The minimum Gasteiger partial charge on any atom is -0.352 e. The summed E-state index contributed by atoms with van der Waals surface area (Å²) >= 11 is 1.75. The lowest BCUT2D eigenvalue weighted by Crippen LogP contribution is -2.48. The number of carbonyl (C=O) groups excluding carboxylic acids is 1. The number of amides is 1. The van der Waals surface area contributed by atoms with Crippen LogP contribution in [0.5, 0.6) is 0 Å². The summed E-state index contributed by atoms with van der Waals surface area (Å²) in [5, 5.41) is 1.17. The molecule has 5 nitrogen and oxygen atoms in total. The molecule has 2 aromatic carbocycles. The molecule has 0 aliphatic carbocycles. The van der Waals surface area contributed by atoms with E-state index < -0.39 is 0 Å². The number of fused-ring (bicyclic) bond motifs is 1. The van der Waals surface area contributed by atoms with E-state index in [2.05, 4.69) is 43.0 Å². The molecule has 1 saturated heterocycles. The maximum Gasteiger partial charge on any atom is 0.246 e. The molecule has 3 heterocycles. The molecule has 0 saturated carbocycles. The zero-order valence-electron chi connectivity index (χ0n) is 20.3. The van der Waals surface area contributed by atoms with Gasteiger partial charge in [-0.2, -0.15) is 0 Å². The summed E-state index contributed by atoms with van der Waals surface area (Å²) in [6.45, 7) is 7.23. The molecule has 0 radical (unpaired) electrons. The van der Waals surface area contributed by atoms with Crippen LogP contribution in [0, 0.1) is 13.8 Å². The maximum atomic E-state index is 12.8. The summed E-state index contributed by atoms with van der Waals surface area (Å²) in [6, 6.07) is 20.4. The van der Waals surface area contributed by atoms with E-state index in [1.54, 1.807) is 17.4 Å². The summed E-state index contributed by atoms with van der Waals surface area (Å²) in [4.78, 5) is 29.4. The molecule has 1 fully saturated rings. The number of aryl methyl sites for hydroxylation is 4. The zero-order valence-corrected chi connectivity index (χ0v) is 21.1. The Labute approximate surface area is 210 Å². The van der Waals surface area contributed by atoms with Gasteiger partial charge in [0.25, 0.3) is 0 Å². The molecule has 2 aromatic heterocycles. The lowest BCUT2D eigenvalue weighted by atomic mass is 10.1. The van der Waals surface area contributed by atoms with Gasteiger partial charge in [0, 0.05) is 43.6 Å². The Morgan fingerprint density at radius 2 is 1.60 bits per heavy atom. The highest BCUT2D eigenvalue weighted by Crippen LogP contribution is 2.35. The second-order valence-corrected chi connectivity index (χ2v) is 10.2. The first-order valence-electron chi connectivity index (χ1n) is 12.2. The number of nitrogens with zero attached hydrogens (tertiary/aromatic N) is 4. The fourth-order valence-electron chi connectivity index (χ4n) is 4.49. The van der Waals surface area contributed by atoms with Crippen LogP contribution in [0.25, 0.3) is 16.3 Å². The van der Waals surface area contributed by atoms with E-state index in [4.69, 9.17) is 9.97 Å². The summed E-state index contributed by atoms with van der Waals surface area (Å²) in [6.07, 6.45) is 5.30. The molecule has 178 valence electrons. The second kappa shape index (κ2) is 10.4. The van der Waals surface area contributed by atoms with Crippen molar-refractivity contribution in [1.82, 2.24) is 14.9 Å². The lowest BCUT2D eigenvalue weighted by molar-refractivity contribution is -0.126. The first-order valence-corrected chi connectivity index (χ1v) is 13.0. The highest BCUT2D eigenvalue weighted by molar-refractivity contribution is 7.18. The van der Waals surface area contributed by atoms with Gasteiger partial charge in [0.15, 0.2) is 0 Å². The molecule has 0 N–H and O–H groups in total. The molecular formula is C29H30N4OS. The Morgan fingerprint density at radius 3 is 2.31 bits per heavy atom. The van der Waals surface area contributed by atoms with Crippen LogP contribution in [-0.2, 0) is 17.6 Å². The molecule has 0 atom stereocenters. The molecule has 0 spiro atoms. The van der Waals surface area contributed by atoms with Gasteiger partial charge in [0.05, 0.1) is 5.39 Å². The Kier molecular flexibility index (Phi) is 6.91. The number of carbonyl (C=O) groups is 1. The molecule has 1 aliphatic rings. The van der Waals surface area contributed by atoms with Crippen molar-refractivity contribution in [3.05, 3.63) is 94.1 Å². The van der Waals surface area contributed by atoms with Gasteiger partial charge in [-0.25, -0.2) is 9.97 Å². The zero-order chi connectivity index (χ0) is 24.2. The van der Waals surface area contributed by atoms with Crippen molar-refractivity contribution in [3.8, 4) is 0 Å². The second-order valence-electron chi connectivity index (χ2n) is 8.97. The minimum absolute atomic E-state index is 0.0624. The Bertz CT molecular complexity index is 1340. The van der Waals surface area contributed by atoms with Crippen LogP contribution < -0.4 is 4.90 Å². The largest absolute Gasteiger partial charge is 0.352 e. The van der Waals surface area contributed by atoms with E-state index in [0.717, 1.165) is 48.0 Å². The molecule has 0 bridgehead atoms. The fraction of sp³-hybridized carbons (Fsp3) is 0.276. The molecule has 0 unspecified atom stereocenters. The highest BCUT2D eigenvalue weighted by Gasteiger charge is 2.24. The van der Waals surface area contributed by atoms with E-state index in [9.17, 15) is 4.79 Å². The van der Waals surface area contributed by atoms with Crippen LogP contribution in [0.15, 0.2) is 66.7 Å². The summed E-state index contributed by atoms with van der Waals surface area (Å²) in [5.74, 6) is 1.97. The monoisotopic (exact) mass is 482 g/mol. The number of thiophene rings is 1. The van der Waals surface area contributed by atoms with E-state index in [0.29, 0.717) is 13.1 Å². The number of hydrogen-bond donors (Lipinski definition) is 0.